The number of aromatic nitrogens is 1. The molecule has 6 nitrogen and oxygen atoms in total. The number of nitrogens with one attached hydrogen (secondary N) is 1. The van der Waals surface area contributed by atoms with E-state index in [0.29, 0.717) is 6.54 Å². The Morgan fingerprint density at radius 3 is 2.70 bits per heavy atom. The Kier molecular flexibility index (Phi) is 6.06. The van der Waals surface area contributed by atoms with Crippen molar-refractivity contribution in [2.45, 2.75) is 13.5 Å². The van der Waals surface area contributed by atoms with E-state index < -0.39 is 9.84 Å². The van der Waals surface area contributed by atoms with Crippen LogP contribution in [0.25, 0.3) is 0 Å². The predicted molar refractivity (Wildman–Crippen MR) is 82.6 cm³/mol. The first-order chi connectivity index (χ1) is 9.33. The van der Waals surface area contributed by atoms with Crippen LogP contribution in [0.4, 0.5) is 0 Å². The summed E-state index contributed by atoms with van der Waals surface area (Å²) >= 11 is 0. The fraction of sp³-hybridized carbons (Fsp3) is 0.615. The van der Waals surface area contributed by atoms with Crippen molar-refractivity contribution in [1.29, 1.82) is 0 Å². The van der Waals surface area contributed by atoms with E-state index in [0.717, 1.165) is 12.5 Å². The fourth-order valence-corrected chi connectivity index (χ4v) is 2.19. The summed E-state index contributed by atoms with van der Waals surface area (Å²) in [5.74, 6) is 0.789. The summed E-state index contributed by atoms with van der Waals surface area (Å²) in [5, 5.41) is 3.17. The van der Waals surface area contributed by atoms with Crippen molar-refractivity contribution in [1.82, 2.24) is 14.8 Å². The van der Waals surface area contributed by atoms with Crippen LogP contribution in [0.3, 0.4) is 0 Å². The third kappa shape index (κ3) is 5.64. The van der Waals surface area contributed by atoms with Gasteiger partial charge in [-0.3, -0.25) is 4.99 Å². The van der Waals surface area contributed by atoms with Crippen molar-refractivity contribution in [3.63, 3.8) is 0 Å². The van der Waals surface area contributed by atoms with Gasteiger partial charge in [-0.15, -0.1) is 0 Å². The first-order valence-electron chi connectivity index (χ1n) is 6.61. The van der Waals surface area contributed by atoms with E-state index in [1.54, 1.807) is 0 Å². The lowest BCUT2D eigenvalue weighted by atomic mass is 10.4. The van der Waals surface area contributed by atoms with Crippen molar-refractivity contribution >= 4 is 15.8 Å². The summed E-state index contributed by atoms with van der Waals surface area (Å²) in [5.41, 5.74) is 1.17. The second-order valence-electron chi connectivity index (χ2n) is 4.83. The molecule has 0 saturated heterocycles. The van der Waals surface area contributed by atoms with Crippen molar-refractivity contribution < 1.29 is 8.42 Å². The van der Waals surface area contributed by atoms with Crippen LogP contribution in [0, 0.1) is 0 Å². The van der Waals surface area contributed by atoms with Crippen LogP contribution in [0.5, 0.6) is 0 Å². The Morgan fingerprint density at radius 2 is 2.20 bits per heavy atom. The van der Waals surface area contributed by atoms with E-state index in [9.17, 15) is 8.42 Å². The Bertz CT molecular complexity index is 548. The molecule has 0 unspecified atom stereocenters. The van der Waals surface area contributed by atoms with Crippen LogP contribution in [0.1, 0.15) is 12.6 Å². The highest BCUT2D eigenvalue weighted by atomic mass is 32.2. The molecular formula is C13H24N4O2S. The number of sulfone groups is 1. The van der Waals surface area contributed by atoms with Gasteiger partial charge in [0.05, 0.1) is 18.8 Å². The van der Waals surface area contributed by atoms with Crippen molar-refractivity contribution in [2.75, 3.05) is 32.1 Å². The molecule has 1 aromatic heterocycles. The van der Waals surface area contributed by atoms with E-state index in [1.807, 2.05) is 38.2 Å². The molecule has 0 saturated carbocycles. The maximum Gasteiger partial charge on any atom is 0.194 e. The molecule has 1 aromatic rings. The summed E-state index contributed by atoms with van der Waals surface area (Å²) < 4.78 is 24.3. The van der Waals surface area contributed by atoms with Gasteiger partial charge in [0.2, 0.25) is 0 Å². The average Bonchev–Trinajstić information content (AvgIpc) is 2.72. The molecule has 0 bridgehead atoms. The van der Waals surface area contributed by atoms with E-state index in [1.165, 1.54) is 11.9 Å². The minimum atomic E-state index is -2.97. The zero-order valence-electron chi connectivity index (χ0n) is 12.6. The van der Waals surface area contributed by atoms with Crippen LogP contribution in [0.2, 0.25) is 0 Å². The van der Waals surface area contributed by atoms with Gasteiger partial charge in [-0.1, -0.05) is 0 Å². The van der Waals surface area contributed by atoms with Crippen LogP contribution >= 0.6 is 0 Å². The van der Waals surface area contributed by atoms with Crippen LogP contribution in [-0.4, -0.2) is 56.0 Å². The van der Waals surface area contributed by atoms with Gasteiger partial charge >= 0.3 is 0 Å². The van der Waals surface area contributed by atoms with Gasteiger partial charge in [0, 0.05) is 38.8 Å². The number of nitrogens with zero attached hydrogens (tertiary/aromatic N) is 3. The minimum absolute atomic E-state index is 0.0693. The highest BCUT2D eigenvalue weighted by Gasteiger charge is 2.09. The molecule has 1 rings (SSSR count). The molecule has 0 spiro atoms. The second kappa shape index (κ2) is 7.33. The Hall–Kier alpha value is -1.50. The van der Waals surface area contributed by atoms with Gasteiger partial charge < -0.3 is 14.8 Å². The molecule has 0 aliphatic carbocycles. The largest absolute Gasteiger partial charge is 0.357 e. The summed E-state index contributed by atoms with van der Waals surface area (Å²) in [6.07, 6.45) is 3.22. The van der Waals surface area contributed by atoms with Crippen molar-refractivity contribution in [2.24, 2.45) is 12.0 Å². The maximum atomic E-state index is 11.1. The standard InChI is InChI=1S/C13H24N4O2S/c1-5-14-13(15-8-10-20(4,18)19)17(3)11-12-7-6-9-16(12)2/h6-7,9H,5,8,10-11H2,1-4H3,(H,14,15). The lowest BCUT2D eigenvalue weighted by Gasteiger charge is -2.22. The van der Waals surface area contributed by atoms with Gasteiger partial charge in [0.1, 0.15) is 9.84 Å². The van der Waals surface area contributed by atoms with Crippen molar-refractivity contribution in [3.8, 4) is 0 Å². The molecule has 114 valence electrons. The zero-order valence-corrected chi connectivity index (χ0v) is 13.4. The number of rotatable bonds is 6. The molecule has 1 N–H and O–H groups in total. The van der Waals surface area contributed by atoms with Crippen LogP contribution in [0.15, 0.2) is 23.3 Å². The fourth-order valence-electron chi connectivity index (χ4n) is 1.77. The average molecular weight is 300 g/mol. The Morgan fingerprint density at radius 1 is 1.50 bits per heavy atom. The minimum Gasteiger partial charge on any atom is -0.357 e. The molecule has 7 heteroatoms. The Labute approximate surface area is 121 Å². The van der Waals surface area contributed by atoms with E-state index in [2.05, 4.69) is 20.9 Å². The zero-order chi connectivity index (χ0) is 15.2. The van der Waals surface area contributed by atoms with Crippen LogP contribution < -0.4 is 5.32 Å². The monoisotopic (exact) mass is 300 g/mol. The lowest BCUT2D eigenvalue weighted by Crippen LogP contribution is -2.39. The van der Waals surface area contributed by atoms with E-state index in [4.69, 9.17) is 0 Å². The van der Waals surface area contributed by atoms with Gasteiger partial charge in [0.25, 0.3) is 0 Å². The molecule has 0 radical (unpaired) electrons. The third-order valence-corrected chi connectivity index (χ3v) is 3.79. The topological polar surface area (TPSA) is 66.7 Å². The second-order valence-corrected chi connectivity index (χ2v) is 7.09. The van der Waals surface area contributed by atoms with E-state index in [-0.39, 0.29) is 12.3 Å². The molecule has 0 amide bonds. The summed E-state index contributed by atoms with van der Waals surface area (Å²) in [4.78, 5) is 6.34. The molecule has 0 atom stereocenters. The molecule has 20 heavy (non-hydrogen) atoms. The van der Waals surface area contributed by atoms with Gasteiger partial charge in [-0.2, -0.15) is 0 Å². The lowest BCUT2D eigenvalue weighted by molar-refractivity contribution is 0.462. The molecule has 0 aliphatic heterocycles. The molecule has 0 fully saturated rings. The normalized spacial score (nSPS) is 12.5. The number of hydrogen-bond acceptors (Lipinski definition) is 3. The number of aliphatic imine (C=N–C) groups is 1. The maximum absolute atomic E-state index is 11.1. The Balaban J connectivity index is 2.69. The smallest absolute Gasteiger partial charge is 0.194 e. The highest BCUT2D eigenvalue weighted by molar-refractivity contribution is 7.90. The SMILES string of the molecule is CCNC(=NCCS(C)(=O)=O)N(C)Cc1cccn1C. The predicted octanol–water partition coefficient (Wildman–Crippen LogP) is 0.467. The summed E-state index contributed by atoms with van der Waals surface area (Å²) in [6.45, 7) is 3.73. The van der Waals surface area contributed by atoms with Gasteiger partial charge in [-0.05, 0) is 19.1 Å². The van der Waals surface area contributed by atoms with Gasteiger partial charge in [-0.25, -0.2) is 8.42 Å². The first-order valence-corrected chi connectivity index (χ1v) is 8.67. The first kappa shape index (κ1) is 16.6. The van der Waals surface area contributed by atoms with E-state index >= 15 is 0 Å². The number of guanidine groups is 1. The number of hydrogen-bond donors (Lipinski definition) is 1. The number of aryl methyl sites for hydroxylation is 1. The van der Waals surface area contributed by atoms with Crippen LogP contribution in [-0.2, 0) is 23.4 Å². The quantitative estimate of drug-likeness (QED) is 0.612. The third-order valence-electron chi connectivity index (χ3n) is 2.87. The van der Waals surface area contributed by atoms with Gasteiger partial charge in [0.15, 0.2) is 5.96 Å². The van der Waals surface area contributed by atoms with Crippen molar-refractivity contribution in [3.05, 3.63) is 24.0 Å². The molecule has 1 heterocycles. The molecule has 0 aliphatic rings. The summed E-state index contributed by atoms with van der Waals surface area (Å²) in [6, 6.07) is 4.05. The highest BCUT2D eigenvalue weighted by Crippen LogP contribution is 2.03. The molecule has 0 aromatic carbocycles. The summed E-state index contributed by atoms with van der Waals surface area (Å²) in [7, 11) is 0.962. The molecular weight excluding hydrogens is 276 g/mol.